The highest BCUT2D eigenvalue weighted by atomic mass is 19.1. The molecule has 0 spiro atoms. The highest BCUT2D eigenvalue weighted by Gasteiger charge is 2.24. The lowest BCUT2D eigenvalue weighted by Gasteiger charge is -2.33. The Bertz CT molecular complexity index is 883. The van der Waals surface area contributed by atoms with Gasteiger partial charge >= 0.3 is 0 Å². The van der Waals surface area contributed by atoms with Gasteiger partial charge < -0.3 is 13.7 Å². The Balaban J connectivity index is 1.35. The summed E-state index contributed by atoms with van der Waals surface area (Å²) in [5.74, 6) is 0.896. The maximum Gasteiger partial charge on any atom is 0.289 e. The van der Waals surface area contributed by atoms with Gasteiger partial charge in [0.05, 0.1) is 24.6 Å². The van der Waals surface area contributed by atoms with Crippen LogP contribution in [0.15, 0.2) is 57.7 Å². The second-order valence-corrected chi connectivity index (χ2v) is 6.14. The molecule has 134 valence electrons. The topological polar surface area (TPSA) is 62.7 Å². The van der Waals surface area contributed by atoms with Crippen molar-refractivity contribution in [3.63, 3.8) is 0 Å². The summed E-state index contributed by atoms with van der Waals surface area (Å²) in [4.78, 5) is 20.4. The fraction of sp³-hybridized carbons (Fsp3) is 0.263. The first kappa shape index (κ1) is 16.5. The van der Waals surface area contributed by atoms with E-state index in [9.17, 15) is 9.18 Å². The Morgan fingerprint density at radius 1 is 1.12 bits per heavy atom. The summed E-state index contributed by atoms with van der Waals surface area (Å²) in [7, 11) is 0. The molecule has 0 radical (unpaired) electrons. The maximum atomic E-state index is 13.8. The summed E-state index contributed by atoms with van der Waals surface area (Å²) in [5, 5.41) is 0. The van der Waals surface area contributed by atoms with Crippen LogP contribution in [0.5, 0.6) is 0 Å². The van der Waals surface area contributed by atoms with E-state index in [2.05, 4.69) is 9.88 Å². The molecular weight excluding hydrogens is 337 g/mol. The first-order valence-electron chi connectivity index (χ1n) is 8.45. The molecule has 1 aromatic carbocycles. The molecule has 0 saturated carbocycles. The Morgan fingerprint density at radius 3 is 2.65 bits per heavy atom. The van der Waals surface area contributed by atoms with E-state index in [0.717, 1.165) is 0 Å². The van der Waals surface area contributed by atoms with Gasteiger partial charge in [0.1, 0.15) is 5.82 Å². The first-order valence-corrected chi connectivity index (χ1v) is 8.45. The lowest BCUT2D eigenvalue weighted by Crippen LogP contribution is -2.48. The van der Waals surface area contributed by atoms with Crippen molar-refractivity contribution >= 4 is 5.91 Å². The van der Waals surface area contributed by atoms with E-state index < -0.39 is 0 Å². The number of furan rings is 1. The smallest absolute Gasteiger partial charge is 0.289 e. The minimum atomic E-state index is -0.333. The van der Waals surface area contributed by atoms with Gasteiger partial charge in [0.25, 0.3) is 5.91 Å². The Kier molecular flexibility index (Phi) is 4.53. The molecule has 0 N–H and O–H groups in total. The van der Waals surface area contributed by atoms with E-state index in [4.69, 9.17) is 8.83 Å². The Labute approximate surface area is 149 Å². The third-order valence-corrected chi connectivity index (χ3v) is 4.44. The van der Waals surface area contributed by atoms with Crippen LogP contribution in [0, 0.1) is 5.82 Å². The van der Waals surface area contributed by atoms with Crippen molar-refractivity contribution in [3.8, 4) is 11.3 Å². The molecule has 7 heteroatoms. The van der Waals surface area contributed by atoms with Crippen molar-refractivity contribution < 1.29 is 18.0 Å². The number of nitrogens with zero attached hydrogens (tertiary/aromatic N) is 3. The average molecular weight is 355 g/mol. The second kappa shape index (κ2) is 7.13. The van der Waals surface area contributed by atoms with Crippen LogP contribution in [0.1, 0.15) is 16.4 Å². The molecule has 1 saturated heterocycles. The minimum absolute atomic E-state index is 0.0902. The third-order valence-electron chi connectivity index (χ3n) is 4.44. The fourth-order valence-electron chi connectivity index (χ4n) is 3.03. The zero-order valence-electron chi connectivity index (χ0n) is 14.1. The van der Waals surface area contributed by atoms with Crippen LogP contribution in [-0.4, -0.2) is 46.9 Å². The molecule has 1 aliphatic rings. The number of hydrogen-bond donors (Lipinski definition) is 0. The number of carbonyl (C=O) groups is 1. The molecule has 0 atom stereocenters. The number of benzene rings is 1. The Hall–Kier alpha value is -2.93. The minimum Gasteiger partial charge on any atom is -0.459 e. The fourth-order valence-corrected chi connectivity index (χ4v) is 3.03. The highest BCUT2D eigenvalue weighted by molar-refractivity contribution is 5.91. The van der Waals surface area contributed by atoms with Gasteiger partial charge in [-0.05, 0) is 24.3 Å². The van der Waals surface area contributed by atoms with Crippen molar-refractivity contribution in [2.75, 3.05) is 26.2 Å². The molecule has 0 unspecified atom stereocenters. The summed E-state index contributed by atoms with van der Waals surface area (Å²) in [5.41, 5.74) is 0.403. The first-order chi connectivity index (χ1) is 12.7. The van der Waals surface area contributed by atoms with Gasteiger partial charge in [-0.1, -0.05) is 12.1 Å². The van der Waals surface area contributed by atoms with Crippen molar-refractivity contribution in [2.45, 2.75) is 6.54 Å². The van der Waals surface area contributed by atoms with Gasteiger partial charge in [-0.25, -0.2) is 9.37 Å². The van der Waals surface area contributed by atoms with Crippen LogP contribution >= 0.6 is 0 Å². The van der Waals surface area contributed by atoms with Gasteiger partial charge in [-0.2, -0.15) is 0 Å². The number of carbonyl (C=O) groups excluding carboxylic acids is 1. The summed E-state index contributed by atoms with van der Waals surface area (Å²) in [6.07, 6.45) is 3.05. The molecular formula is C19H18FN3O3. The van der Waals surface area contributed by atoms with Gasteiger partial charge in [0.2, 0.25) is 5.89 Å². The summed E-state index contributed by atoms with van der Waals surface area (Å²) < 4.78 is 24.7. The largest absolute Gasteiger partial charge is 0.459 e. The normalized spacial score (nSPS) is 15.3. The van der Waals surface area contributed by atoms with Crippen LogP contribution in [-0.2, 0) is 6.54 Å². The summed E-state index contributed by atoms with van der Waals surface area (Å²) in [6, 6.07) is 9.84. The molecule has 0 bridgehead atoms. The van der Waals surface area contributed by atoms with Crippen molar-refractivity contribution in [1.82, 2.24) is 14.8 Å². The quantitative estimate of drug-likeness (QED) is 0.720. The molecule has 1 fully saturated rings. The maximum absolute atomic E-state index is 13.8. The summed E-state index contributed by atoms with van der Waals surface area (Å²) >= 11 is 0. The third kappa shape index (κ3) is 3.39. The van der Waals surface area contributed by atoms with Crippen LogP contribution in [0.4, 0.5) is 4.39 Å². The second-order valence-electron chi connectivity index (χ2n) is 6.14. The number of hydrogen-bond acceptors (Lipinski definition) is 5. The number of piperazine rings is 1. The zero-order valence-corrected chi connectivity index (χ0v) is 14.1. The molecule has 4 rings (SSSR count). The molecule has 26 heavy (non-hydrogen) atoms. The molecule has 6 nitrogen and oxygen atoms in total. The number of rotatable bonds is 4. The van der Waals surface area contributed by atoms with Crippen LogP contribution in [0.3, 0.4) is 0 Å². The predicted molar refractivity (Wildman–Crippen MR) is 91.8 cm³/mol. The van der Waals surface area contributed by atoms with Crippen LogP contribution in [0.25, 0.3) is 11.3 Å². The van der Waals surface area contributed by atoms with Crippen molar-refractivity contribution in [1.29, 1.82) is 0 Å². The molecule has 3 aromatic rings. The number of aromatic nitrogens is 1. The number of halogens is 1. The lowest BCUT2D eigenvalue weighted by atomic mass is 10.2. The van der Waals surface area contributed by atoms with Crippen molar-refractivity contribution in [2.24, 2.45) is 0 Å². The number of amides is 1. The molecule has 0 aliphatic carbocycles. The Morgan fingerprint density at radius 2 is 1.92 bits per heavy atom. The van der Waals surface area contributed by atoms with Gasteiger partial charge in [0, 0.05) is 26.2 Å². The molecule has 3 heterocycles. The van der Waals surface area contributed by atoms with E-state index >= 15 is 0 Å². The van der Waals surface area contributed by atoms with Gasteiger partial charge in [-0.3, -0.25) is 9.69 Å². The van der Waals surface area contributed by atoms with Gasteiger partial charge in [0.15, 0.2) is 11.5 Å². The van der Waals surface area contributed by atoms with E-state index in [-0.39, 0.29) is 11.7 Å². The van der Waals surface area contributed by atoms with Crippen molar-refractivity contribution in [3.05, 3.63) is 66.3 Å². The lowest BCUT2D eigenvalue weighted by molar-refractivity contribution is 0.0588. The molecule has 1 aliphatic heterocycles. The predicted octanol–water partition coefficient (Wildman–Crippen LogP) is 3.03. The highest BCUT2D eigenvalue weighted by Crippen LogP contribution is 2.24. The van der Waals surface area contributed by atoms with E-state index in [1.165, 1.54) is 12.3 Å². The standard InChI is InChI=1S/C19H18FN3O3/c20-15-5-2-1-4-14(15)17-12-21-18(26-17)13-22-7-9-23(10-8-22)19(24)16-6-3-11-25-16/h1-6,11-12H,7-10,13H2. The monoisotopic (exact) mass is 355 g/mol. The zero-order chi connectivity index (χ0) is 17.9. The van der Waals surface area contributed by atoms with E-state index in [1.807, 2.05) is 0 Å². The van der Waals surface area contributed by atoms with E-state index in [1.54, 1.807) is 41.4 Å². The van der Waals surface area contributed by atoms with E-state index in [0.29, 0.717) is 55.7 Å². The molecule has 2 aromatic heterocycles. The van der Waals surface area contributed by atoms with Crippen LogP contribution < -0.4 is 0 Å². The summed E-state index contributed by atoms with van der Waals surface area (Å²) in [6.45, 7) is 3.17. The van der Waals surface area contributed by atoms with Crippen LogP contribution in [0.2, 0.25) is 0 Å². The molecule has 1 amide bonds. The van der Waals surface area contributed by atoms with Gasteiger partial charge in [-0.15, -0.1) is 0 Å². The number of oxazole rings is 1. The SMILES string of the molecule is O=C(c1ccco1)N1CCN(Cc2ncc(-c3ccccc3F)o2)CC1. The average Bonchev–Trinajstić information content (AvgIpc) is 3.34.